The molecule has 0 unspecified atom stereocenters. The molecule has 0 aromatic carbocycles. The summed E-state index contributed by atoms with van der Waals surface area (Å²) in [7, 11) is 1.92. The van der Waals surface area contributed by atoms with Crippen LogP contribution in [0.5, 0.6) is 0 Å². The highest BCUT2D eigenvalue weighted by Crippen LogP contribution is 2.24. The Labute approximate surface area is 158 Å². The quantitative estimate of drug-likeness (QED) is 0.696. The van der Waals surface area contributed by atoms with Crippen molar-refractivity contribution < 1.29 is 4.79 Å². The van der Waals surface area contributed by atoms with Crippen molar-refractivity contribution in [3.63, 3.8) is 0 Å². The van der Waals surface area contributed by atoms with Crippen LogP contribution in [-0.4, -0.2) is 56.6 Å². The predicted molar refractivity (Wildman–Crippen MR) is 105 cm³/mol. The number of fused-ring (bicyclic) bond motifs is 1. The maximum absolute atomic E-state index is 12.2. The molecule has 0 spiro atoms. The van der Waals surface area contributed by atoms with E-state index in [1.54, 1.807) is 6.20 Å². The second-order valence-electron chi connectivity index (χ2n) is 6.99. The Hall–Kier alpha value is -2.96. The van der Waals surface area contributed by atoms with Gasteiger partial charge in [0.1, 0.15) is 5.82 Å². The second-order valence-corrected chi connectivity index (χ2v) is 6.99. The van der Waals surface area contributed by atoms with Crippen molar-refractivity contribution in [1.29, 1.82) is 0 Å². The molecule has 7 nitrogen and oxygen atoms in total. The van der Waals surface area contributed by atoms with E-state index in [1.807, 2.05) is 60.0 Å². The average Bonchev–Trinajstić information content (AvgIpc) is 3.35. The number of aromatic nitrogens is 4. The van der Waals surface area contributed by atoms with Gasteiger partial charge in [0.05, 0.1) is 17.9 Å². The molecule has 1 aliphatic rings. The van der Waals surface area contributed by atoms with Gasteiger partial charge in [0.25, 0.3) is 0 Å². The first-order valence-corrected chi connectivity index (χ1v) is 9.43. The molecule has 27 heavy (non-hydrogen) atoms. The third-order valence-corrected chi connectivity index (χ3v) is 5.20. The zero-order chi connectivity index (χ0) is 18.8. The molecule has 4 heterocycles. The molecule has 1 saturated heterocycles. The summed E-state index contributed by atoms with van der Waals surface area (Å²) < 4.78 is 1.87. The van der Waals surface area contributed by atoms with Gasteiger partial charge in [-0.05, 0) is 37.1 Å². The summed E-state index contributed by atoms with van der Waals surface area (Å²) in [5, 5.41) is 4.82. The van der Waals surface area contributed by atoms with E-state index >= 15 is 0 Å². The van der Waals surface area contributed by atoms with Crippen molar-refractivity contribution in [2.45, 2.75) is 32.2 Å². The molecule has 1 atom stereocenters. The monoisotopic (exact) mass is 364 g/mol. The molecule has 3 aromatic heterocycles. The van der Waals surface area contributed by atoms with E-state index in [1.165, 1.54) is 0 Å². The van der Waals surface area contributed by atoms with E-state index in [0.29, 0.717) is 6.42 Å². The summed E-state index contributed by atoms with van der Waals surface area (Å²) in [6.07, 6.45) is 7.86. The lowest BCUT2D eigenvalue weighted by molar-refractivity contribution is -0.131. The Kier molecular flexibility index (Phi) is 4.75. The number of rotatable bonds is 5. The number of anilines is 1. The van der Waals surface area contributed by atoms with Crippen LogP contribution in [0.4, 0.5) is 5.82 Å². The molecule has 0 saturated carbocycles. The Morgan fingerprint density at radius 1 is 1.30 bits per heavy atom. The predicted octanol–water partition coefficient (Wildman–Crippen LogP) is 2.63. The molecule has 0 radical (unpaired) electrons. The maximum Gasteiger partial charge on any atom is 0.222 e. The first-order valence-electron chi connectivity index (χ1n) is 9.43. The van der Waals surface area contributed by atoms with Gasteiger partial charge in [-0.25, -0.2) is 9.50 Å². The van der Waals surface area contributed by atoms with Crippen LogP contribution in [0.15, 0.2) is 42.9 Å². The van der Waals surface area contributed by atoms with Crippen LogP contribution in [0.2, 0.25) is 0 Å². The van der Waals surface area contributed by atoms with Gasteiger partial charge in [0, 0.05) is 44.5 Å². The third kappa shape index (κ3) is 3.37. The van der Waals surface area contributed by atoms with E-state index in [9.17, 15) is 4.79 Å². The molecular weight excluding hydrogens is 340 g/mol. The topological polar surface area (TPSA) is 66.6 Å². The molecule has 140 valence electrons. The fraction of sp³-hybridized carbons (Fsp3) is 0.400. The summed E-state index contributed by atoms with van der Waals surface area (Å²) in [5.74, 6) is 1.13. The SMILES string of the molecule is CCCC(=O)N(C)[C@H]1CCN(c2ccc3ncc(-c4cccnc4)n3n2)C1. The van der Waals surface area contributed by atoms with Crippen molar-refractivity contribution in [1.82, 2.24) is 24.5 Å². The summed E-state index contributed by atoms with van der Waals surface area (Å²) in [6, 6.07) is 8.15. The highest BCUT2D eigenvalue weighted by Gasteiger charge is 2.29. The van der Waals surface area contributed by atoms with Gasteiger partial charge >= 0.3 is 0 Å². The molecule has 1 amide bonds. The number of nitrogens with zero attached hydrogens (tertiary/aromatic N) is 6. The van der Waals surface area contributed by atoms with E-state index in [2.05, 4.69) is 14.9 Å². The molecule has 1 fully saturated rings. The van der Waals surface area contributed by atoms with Crippen LogP contribution in [-0.2, 0) is 4.79 Å². The number of carbonyl (C=O) groups excluding carboxylic acids is 1. The molecule has 1 aliphatic heterocycles. The Balaban J connectivity index is 1.57. The normalized spacial score (nSPS) is 16.8. The highest BCUT2D eigenvalue weighted by atomic mass is 16.2. The number of hydrogen-bond donors (Lipinski definition) is 0. The molecule has 0 N–H and O–H groups in total. The Morgan fingerprint density at radius 3 is 2.96 bits per heavy atom. The number of carbonyl (C=O) groups is 1. The van der Waals surface area contributed by atoms with Gasteiger partial charge in [0.15, 0.2) is 5.65 Å². The van der Waals surface area contributed by atoms with Gasteiger partial charge in [-0.15, -0.1) is 5.10 Å². The summed E-state index contributed by atoms with van der Waals surface area (Å²) in [4.78, 5) is 25.0. The minimum absolute atomic E-state index is 0.223. The van der Waals surface area contributed by atoms with Crippen LogP contribution >= 0.6 is 0 Å². The van der Waals surface area contributed by atoms with E-state index in [0.717, 1.165) is 48.7 Å². The van der Waals surface area contributed by atoms with E-state index < -0.39 is 0 Å². The van der Waals surface area contributed by atoms with Crippen LogP contribution in [0.1, 0.15) is 26.2 Å². The van der Waals surface area contributed by atoms with Gasteiger partial charge < -0.3 is 9.80 Å². The largest absolute Gasteiger partial charge is 0.353 e. The zero-order valence-electron chi connectivity index (χ0n) is 15.7. The number of amides is 1. The Morgan fingerprint density at radius 2 is 2.19 bits per heavy atom. The van der Waals surface area contributed by atoms with Crippen LogP contribution in [0.3, 0.4) is 0 Å². The fourth-order valence-electron chi connectivity index (χ4n) is 3.60. The lowest BCUT2D eigenvalue weighted by atomic mass is 10.2. The van der Waals surface area contributed by atoms with Gasteiger partial charge in [0.2, 0.25) is 5.91 Å². The zero-order valence-corrected chi connectivity index (χ0v) is 15.7. The Bertz CT molecular complexity index is 938. The van der Waals surface area contributed by atoms with Crippen LogP contribution in [0, 0.1) is 0 Å². The van der Waals surface area contributed by atoms with Gasteiger partial charge in [-0.2, -0.15) is 0 Å². The first kappa shape index (κ1) is 17.5. The van der Waals surface area contributed by atoms with Crippen LogP contribution in [0.25, 0.3) is 16.9 Å². The molecule has 0 aliphatic carbocycles. The number of likely N-dealkylation sites (N-methyl/N-ethyl adjacent to an activating group) is 1. The third-order valence-electron chi connectivity index (χ3n) is 5.20. The van der Waals surface area contributed by atoms with E-state index in [4.69, 9.17) is 5.10 Å². The molecule has 3 aromatic rings. The van der Waals surface area contributed by atoms with Crippen molar-refractivity contribution in [2.75, 3.05) is 25.0 Å². The maximum atomic E-state index is 12.2. The second kappa shape index (κ2) is 7.34. The van der Waals surface area contributed by atoms with Crippen molar-refractivity contribution in [3.8, 4) is 11.3 Å². The minimum atomic E-state index is 0.223. The summed E-state index contributed by atoms with van der Waals surface area (Å²) >= 11 is 0. The summed E-state index contributed by atoms with van der Waals surface area (Å²) in [6.45, 7) is 3.74. The average molecular weight is 364 g/mol. The lowest BCUT2D eigenvalue weighted by Gasteiger charge is -2.25. The number of imidazole rings is 1. The van der Waals surface area contributed by atoms with Crippen molar-refractivity contribution in [2.24, 2.45) is 0 Å². The highest BCUT2D eigenvalue weighted by molar-refractivity contribution is 5.76. The van der Waals surface area contributed by atoms with Gasteiger partial charge in [-0.1, -0.05) is 6.92 Å². The summed E-state index contributed by atoms with van der Waals surface area (Å²) in [5.41, 5.74) is 2.72. The molecule has 7 heteroatoms. The molecule has 0 bridgehead atoms. The van der Waals surface area contributed by atoms with Gasteiger partial charge in [-0.3, -0.25) is 9.78 Å². The molecule has 4 rings (SSSR count). The van der Waals surface area contributed by atoms with Crippen molar-refractivity contribution >= 4 is 17.4 Å². The fourth-order valence-corrected chi connectivity index (χ4v) is 3.60. The first-order chi connectivity index (χ1) is 13.2. The minimum Gasteiger partial charge on any atom is -0.353 e. The van der Waals surface area contributed by atoms with Crippen LogP contribution < -0.4 is 4.90 Å². The number of hydrogen-bond acceptors (Lipinski definition) is 5. The lowest BCUT2D eigenvalue weighted by Crippen LogP contribution is -2.39. The van der Waals surface area contributed by atoms with Crippen molar-refractivity contribution in [3.05, 3.63) is 42.9 Å². The van der Waals surface area contributed by atoms with E-state index in [-0.39, 0.29) is 11.9 Å². The smallest absolute Gasteiger partial charge is 0.222 e. The molecular formula is C20H24N6O. The number of pyridine rings is 1. The standard InChI is InChI=1S/C20H24N6O/c1-3-5-20(27)24(2)16-9-11-25(14-16)19-8-7-18-22-13-17(26(18)23-19)15-6-4-10-21-12-15/h4,6-8,10,12-13,16H,3,5,9,11,14H2,1-2H3/t16-/m0/s1.